The molecule has 4 rings (SSSR count). The third-order valence-electron chi connectivity index (χ3n) is 5.23. The quantitative estimate of drug-likeness (QED) is 0.853. The lowest BCUT2D eigenvalue weighted by molar-refractivity contribution is -0.139. The zero-order valence-electron chi connectivity index (χ0n) is 12.7. The molecule has 0 spiro atoms. The number of benzene rings is 1. The van der Waals surface area contributed by atoms with Crippen LogP contribution < -0.4 is 5.32 Å². The molecular formula is C17H20N2O3. The third kappa shape index (κ3) is 1.65. The number of carbonyl (C=O) groups is 1. The van der Waals surface area contributed by atoms with Gasteiger partial charge in [0.1, 0.15) is 0 Å². The predicted octanol–water partition coefficient (Wildman–Crippen LogP) is 2.96. The van der Waals surface area contributed by atoms with Crippen LogP contribution in [0.5, 0.6) is 0 Å². The molecule has 1 N–H and O–H groups in total. The van der Waals surface area contributed by atoms with Gasteiger partial charge in [0.15, 0.2) is 5.71 Å². The number of esters is 1. The second-order valence-corrected chi connectivity index (χ2v) is 6.31. The summed E-state index contributed by atoms with van der Waals surface area (Å²) in [6, 6.07) is 8.30. The maximum atomic E-state index is 12.1. The van der Waals surface area contributed by atoms with Gasteiger partial charge >= 0.3 is 5.97 Å². The first-order valence-corrected chi connectivity index (χ1v) is 8.01. The molecule has 1 aromatic rings. The number of hydrogen-bond donors (Lipinski definition) is 1. The molecule has 2 unspecified atom stereocenters. The Morgan fingerprint density at radius 1 is 1.36 bits per heavy atom. The summed E-state index contributed by atoms with van der Waals surface area (Å²) >= 11 is 0. The fraction of sp³-hybridized carbons (Fsp3) is 0.529. The third-order valence-corrected chi connectivity index (χ3v) is 5.23. The molecule has 22 heavy (non-hydrogen) atoms. The fourth-order valence-electron chi connectivity index (χ4n) is 4.26. The Kier molecular flexibility index (Phi) is 2.93. The highest BCUT2D eigenvalue weighted by Gasteiger charge is 2.64. The molecule has 1 aromatic carbocycles. The van der Waals surface area contributed by atoms with E-state index in [2.05, 4.69) is 28.7 Å². The van der Waals surface area contributed by atoms with Gasteiger partial charge in [-0.25, -0.2) is 4.79 Å². The van der Waals surface area contributed by atoms with E-state index in [1.165, 1.54) is 5.56 Å². The van der Waals surface area contributed by atoms with E-state index < -0.39 is 5.72 Å². The Morgan fingerprint density at radius 2 is 2.18 bits per heavy atom. The van der Waals surface area contributed by atoms with Gasteiger partial charge in [-0.05, 0) is 31.4 Å². The fourth-order valence-corrected chi connectivity index (χ4v) is 4.26. The van der Waals surface area contributed by atoms with Gasteiger partial charge in [0, 0.05) is 18.5 Å². The van der Waals surface area contributed by atoms with Crippen LogP contribution in [0.2, 0.25) is 0 Å². The highest BCUT2D eigenvalue weighted by molar-refractivity contribution is 6.36. The normalized spacial score (nSPS) is 31.8. The number of nitrogens with zero attached hydrogens (tertiary/aromatic N) is 1. The van der Waals surface area contributed by atoms with Gasteiger partial charge in [-0.15, -0.1) is 0 Å². The lowest BCUT2D eigenvalue weighted by atomic mass is 9.62. The van der Waals surface area contributed by atoms with E-state index in [1.54, 1.807) is 6.92 Å². The number of oxime groups is 1. The van der Waals surface area contributed by atoms with Crippen molar-refractivity contribution in [1.82, 2.24) is 0 Å². The van der Waals surface area contributed by atoms with Crippen LogP contribution in [0.15, 0.2) is 29.4 Å². The van der Waals surface area contributed by atoms with Crippen molar-refractivity contribution in [3.8, 4) is 0 Å². The molecule has 1 aliphatic carbocycles. The molecule has 1 saturated carbocycles. The van der Waals surface area contributed by atoms with Crippen molar-refractivity contribution in [1.29, 1.82) is 0 Å². The monoisotopic (exact) mass is 300 g/mol. The molecule has 116 valence electrons. The zero-order chi connectivity index (χ0) is 15.2. The summed E-state index contributed by atoms with van der Waals surface area (Å²) in [5.41, 5.74) is 2.02. The molecule has 3 aliphatic rings. The van der Waals surface area contributed by atoms with Crippen LogP contribution in [0.25, 0.3) is 0 Å². The number of ether oxygens (including phenoxy) is 1. The number of para-hydroxylation sites is 1. The number of rotatable bonds is 2. The van der Waals surface area contributed by atoms with Crippen molar-refractivity contribution >= 4 is 17.4 Å². The summed E-state index contributed by atoms with van der Waals surface area (Å²) in [5.74, 6) is -0.361. The predicted molar refractivity (Wildman–Crippen MR) is 82.7 cm³/mol. The van der Waals surface area contributed by atoms with E-state index >= 15 is 0 Å². The maximum Gasteiger partial charge on any atom is 0.356 e. The summed E-state index contributed by atoms with van der Waals surface area (Å²) in [7, 11) is 0. The minimum Gasteiger partial charge on any atom is -0.461 e. The number of carbonyl (C=O) groups excluding carboxylic acids is 1. The van der Waals surface area contributed by atoms with Crippen molar-refractivity contribution in [3.63, 3.8) is 0 Å². The first-order valence-electron chi connectivity index (χ1n) is 8.01. The van der Waals surface area contributed by atoms with Crippen LogP contribution in [0.4, 0.5) is 5.69 Å². The van der Waals surface area contributed by atoms with Crippen molar-refractivity contribution in [2.24, 2.45) is 5.16 Å². The van der Waals surface area contributed by atoms with Gasteiger partial charge in [0.05, 0.1) is 12.0 Å². The summed E-state index contributed by atoms with van der Waals surface area (Å²) in [4.78, 5) is 18.0. The molecule has 0 amide bonds. The van der Waals surface area contributed by atoms with Crippen LogP contribution in [0.3, 0.4) is 0 Å². The van der Waals surface area contributed by atoms with Gasteiger partial charge in [0.25, 0.3) is 0 Å². The van der Waals surface area contributed by atoms with Crippen LogP contribution >= 0.6 is 0 Å². The molecule has 0 saturated heterocycles. The van der Waals surface area contributed by atoms with Crippen LogP contribution in [0, 0.1) is 0 Å². The molecule has 1 fully saturated rings. The molecule has 5 nitrogen and oxygen atoms in total. The van der Waals surface area contributed by atoms with Crippen LogP contribution in [0.1, 0.15) is 44.6 Å². The van der Waals surface area contributed by atoms with Gasteiger partial charge in [-0.1, -0.05) is 29.8 Å². The Morgan fingerprint density at radius 3 is 3.05 bits per heavy atom. The first-order chi connectivity index (χ1) is 10.7. The van der Waals surface area contributed by atoms with E-state index in [1.807, 2.05) is 6.07 Å². The van der Waals surface area contributed by atoms with Crippen molar-refractivity contribution in [2.75, 3.05) is 11.9 Å². The summed E-state index contributed by atoms with van der Waals surface area (Å²) in [6.45, 7) is 2.16. The van der Waals surface area contributed by atoms with Gasteiger partial charge in [0.2, 0.25) is 5.72 Å². The lowest BCUT2D eigenvalue weighted by Crippen LogP contribution is -2.59. The Labute approximate surface area is 129 Å². The minimum absolute atomic E-state index is 0.217. The van der Waals surface area contributed by atoms with Crippen molar-refractivity contribution in [2.45, 2.75) is 50.2 Å². The standard InChI is InChI=1S/C17H20N2O3/c1-2-21-15(20)14-11-16-9-5-6-10-17(16,22-19-14)18-13-8-4-3-7-12(13)16/h3-4,7-8,18H,2,5-6,9-11H2,1H3. The maximum absolute atomic E-state index is 12.1. The topological polar surface area (TPSA) is 59.9 Å². The average molecular weight is 300 g/mol. The van der Waals surface area contributed by atoms with Gasteiger partial charge in [-0.3, -0.25) is 0 Å². The largest absolute Gasteiger partial charge is 0.461 e. The summed E-state index contributed by atoms with van der Waals surface area (Å²) < 4.78 is 5.12. The molecule has 0 bridgehead atoms. The molecule has 2 heterocycles. The number of nitrogens with one attached hydrogen (secondary N) is 1. The van der Waals surface area contributed by atoms with Crippen LogP contribution in [-0.2, 0) is 19.8 Å². The highest BCUT2D eigenvalue weighted by atomic mass is 16.7. The Hall–Kier alpha value is -2.04. The van der Waals surface area contributed by atoms with E-state index in [0.29, 0.717) is 18.7 Å². The SMILES string of the molecule is CCOC(=O)C1=NOC23CCCCC2(C1)c1ccccc1N3. The van der Waals surface area contributed by atoms with E-state index in [0.717, 1.165) is 31.4 Å². The average Bonchev–Trinajstić information content (AvgIpc) is 2.85. The van der Waals surface area contributed by atoms with Gasteiger partial charge in [-0.2, -0.15) is 0 Å². The second-order valence-electron chi connectivity index (χ2n) is 6.31. The van der Waals surface area contributed by atoms with Crippen molar-refractivity contribution < 1.29 is 14.4 Å². The summed E-state index contributed by atoms with van der Waals surface area (Å²) in [6.07, 6.45) is 4.72. The molecule has 0 radical (unpaired) electrons. The molecular weight excluding hydrogens is 280 g/mol. The van der Waals surface area contributed by atoms with Crippen molar-refractivity contribution in [3.05, 3.63) is 29.8 Å². The van der Waals surface area contributed by atoms with E-state index in [-0.39, 0.29) is 11.4 Å². The number of anilines is 1. The Bertz CT molecular complexity index is 657. The molecule has 5 heteroatoms. The molecule has 2 aliphatic heterocycles. The van der Waals surface area contributed by atoms with E-state index in [9.17, 15) is 4.79 Å². The number of hydrogen-bond acceptors (Lipinski definition) is 5. The lowest BCUT2D eigenvalue weighted by Gasteiger charge is -2.49. The smallest absolute Gasteiger partial charge is 0.356 e. The minimum atomic E-state index is -0.509. The van der Waals surface area contributed by atoms with E-state index in [4.69, 9.17) is 9.57 Å². The second kappa shape index (κ2) is 4.73. The summed E-state index contributed by atoms with van der Waals surface area (Å²) in [5, 5.41) is 7.68. The Balaban J connectivity index is 1.80. The molecule has 0 aromatic heterocycles. The van der Waals surface area contributed by atoms with Crippen LogP contribution in [-0.4, -0.2) is 24.0 Å². The first kappa shape index (κ1) is 13.6. The van der Waals surface area contributed by atoms with Gasteiger partial charge < -0.3 is 14.9 Å². The zero-order valence-corrected chi connectivity index (χ0v) is 12.7. The highest BCUT2D eigenvalue weighted by Crippen LogP contribution is 2.59. The molecule has 2 atom stereocenters. The number of fused-ring (bicyclic) bond motifs is 1.